The standard InChI is InChI=1S/C22H24N8O2/c1-22(2,17-7-5-14(6-8-17)15-9-24-21(23)25-10-15)20-27-19(32-28-20)16-11-26-30(12-16)13-18(31)29(3)4/h5-12H,13H2,1-4H3,(H2,23,24,25). The molecule has 32 heavy (non-hydrogen) atoms. The van der Waals surface area contributed by atoms with Crippen molar-refractivity contribution in [3.8, 4) is 22.6 Å². The highest BCUT2D eigenvalue weighted by atomic mass is 16.5. The Morgan fingerprint density at radius 3 is 2.41 bits per heavy atom. The molecule has 0 unspecified atom stereocenters. The second kappa shape index (κ2) is 8.22. The molecule has 3 heterocycles. The molecular weight excluding hydrogens is 408 g/mol. The van der Waals surface area contributed by atoms with Gasteiger partial charge in [-0.15, -0.1) is 0 Å². The molecule has 0 atom stereocenters. The lowest BCUT2D eigenvalue weighted by molar-refractivity contribution is -0.129. The molecule has 10 heteroatoms. The Hall–Kier alpha value is -4.08. The molecule has 2 N–H and O–H groups in total. The number of anilines is 1. The van der Waals surface area contributed by atoms with Crippen LogP contribution in [0.1, 0.15) is 25.2 Å². The molecule has 4 rings (SSSR count). The summed E-state index contributed by atoms with van der Waals surface area (Å²) in [6.07, 6.45) is 6.71. The number of hydrogen-bond acceptors (Lipinski definition) is 8. The topological polar surface area (TPSA) is 129 Å². The molecular formula is C22H24N8O2. The van der Waals surface area contributed by atoms with Gasteiger partial charge in [-0.2, -0.15) is 10.1 Å². The maximum absolute atomic E-state index is 11.9. The number of benzene rings is 1. The second-order valence-corrected chi connectivity index (χ2v) is 8.17. The summed E-state index contributed by atoms with van der Waals surface area (Å²) in [5.74, 6) is 1.09. The first-order valence-corrected chi connectivity index (χ1v) is 9.99. The molecule has 0 saturated heterocycles. The van der Waals surface area contributed by atoms with Crippen molar-refractivity contribution in [1.29, 1.82) is 0 Å². The van der Waals surface area contributed by atoms with Gasteiger partial charge in [0, 0.05) is 38.2 Å². The first-order chi connectivity index (χ1) is 15.2. The Morgan fingerprint density at radius 2 is 1.75 bits per heavy atom. The third-order valence-corrected chi connectivity index (χ3v) is 5.27. The molecule has 0 spiro atoms. The number of likely N-dealkylation sites (N-methyl/N-ethyl adjacent to an activating group) is 1. The van der Waals surface area contributed by atoms with Crippen molar-refractivity contribution >= 4 is 11.9 Å². The van der Waals surface area contributed by atoms with Crippen LogP contribution < -0.4 is 5.73 Å². The van der Waals surface area contributed by atoms with Gasteiger partial charge in [-0.3, -0.25) is 9.48 Å². The third kappa shape index (κ3) is 4.20. The smallest absolute Gasteiger partial charge is 0.261 e. The maximum atomic E-state index is 11.9. The van der Waals surface area contributed by atoms with Crippen molar-refractivity contribution in [1.82, 2.24) is 34.8 Å². The summed E-state index contributed by atoms with van der Waals surface area (Å²) in [7, 11) is 3.41. The van der Waals surface area contributed by atoms with Crippen molar-refractivity contribution in [2.75, 3.05) is 19.8 Å². The van der Waals surface area contributed by atoms with E-state index in [1.807, 2.05) is 38.1 Å². The molecule has 1 aromatic carbocycles. The molecule has 0 aliphatic rings. The number of nitrogens with two attached hydrogens (primary N) is 1. The van der Waals surface area contributed by atoms with Gasteiger partial charge in [-0.1, -0.05) is 29.4 Å². The fourth-order valence-electron chi connectivity index (χ4n) is 3.13. The van der Waals surface area contributed by atoms with Gasteiger partial charge >= 0.3 is 0 Å². The number of aromatic nitrogens is 6. The highest BCUT2D eigenvalue weighted by Crippen LogP contribution is 2.32. The van der Waals surface area contributed by atoms with Gasteiger partial charge in [0.2, 0.25) is 11.9 Å². The lowest BCUT2D eigenvalue weighted by atomic mass is 9.83. The molecule has 0 fully saturated rings. The van der Waals surface area contributed by atoms with E-state index in [2.05, 4.69) is 25.2 Å². The summed E-state index contributed by atoms with van der Waals surface area (Å²) in [6, 6.07) is 8.04. The van der Waals surface area contributed by atoms with Gasteiger partial charge in [0.15, 0.2) is 5.82 Å². The zero-order chi connectivity index (χ0) is 22.9. The highest BCUT2D eigenvalue weighted by molar-refractivity contribution is 5.75. The van der Waals surface area contributed by atoms with E-state index in [1.54, 1.807) is 43.6 Å². The molecule has 0 saturated carbocycles. The fourth-order valence-corrected chi connectivity index (χ4v) is 3.13. The molecule has 164 valence electrons. The number of nitrogen functional groups attached to an aromatic ring is 1. The summed E-state index contributed by atoms with van der Waals surface area (Å²) in [5, 5.41) is 8.41. The van der Waals surface area contributed by atoms with E-state index >= 15 is 0 Å². The van der Waals surface area contributed by atoms with E-state index in [0.717, 1.165) is 16.7 Å². The lowest BCUT2D eigenvalue weighted by Gasteiger charge is -2.21. The number of hydrogen-bond donors (Lipinski definition) is 1. The lowest BCUT2D eigenvalue weighted by Crippen LogP contribution is -2.26. The van der Waals surface area contributed by atoms with Crippen LogP contribution in [-0.4, -0.2) is 54.8 Å². The summed E-state index contributed by atoms with van der Waals surface area (Å²) >= 11 is 0. The first kappa shape index (κ1) is 21.2. The zero-order valence-electron chi connectivity index (χ0n) is 18.4. The Morgan fingerprint density at radius 1 is 1.06 bits per heavy atom. The van der Waals surface area contributed by atoms with Crippen molar-refractivity contribution < 1.29 is 9.32 Å². The van der Waals surface area contributed by atoms with Gasteiger partial charge in [0.1, 0.15) is 6.54 Å². The van der Waals surface area contributed by atoms with Gasteiger partial charge in [-0.05, 0) is 25.0 Å². The SMILES string of the molecule is CN(C)C(=O)Cn1cc(-c2nc(C(C)(C)c3ccc(-c4cnc(N)nc4)cc3)no2)cn1. The van der Waals surface area contributed by atoms with Crippen molar-refractivity contribution in [2.24, 2.45) is 0 Å². The molecule has 1 amide bonds. The molecule has 4 aromatic rings. The first-order valence-electron chi connectivity index (χ1n) is 9.99. The average molecular weight is 432 g/mol. The third-order valence-electron chi connectivity index (χ3n) is 5.27. The Kier molecular flexibility index (Phi) is 5.43. The van der Waals surface area contributed by atoms with E-state index in [0.29, 0.717) is 17.3 Å². The molecule has 0 aliphatic carbocycles. The normalized spacial score (nSPS) is 11.5. The number of carbonyl (C=O) groups excluding carboxylic acids is 1. The van der Waals surface area contributed by atoms with E-state index in [1.165, 1.54) is 4.90 Å². The molecule has 0 bridgehead atoms. The van der Waals surface area contributed by atoms with E-state index < -0.39 is 5.41 Å². The predicted molar refractivity (Wildman–Crippen MR) is 118 cm³/mol. The fraction of sp³-hybridized carbons (Fsp3) is 0.273. The summed E-state index contributed by atoms with van der Waals surface area (Å²) < 4.78 is 7.04. The van der Waals surface area contributed by atoms with Crippen LogP contribution in [0.25, 0.3) is 22.6 Å². The zero-order valence-corrected chi connectivity index (χ0v) is 18.4. The van der Waals surface area contributed by atoms with Gasteiger partial charge in [-0.25, -0.2) is 9.97 Å². The summed E-state index contributed by atoms with van der Waals surface area (Å²) in [4.78, 5) is 26.1. The Labute approximate surface area is 185 Å². The minimum atomic E-state index is -0.491. The molecule has 3 aromatic heterocycles. The van der Waals surface area contributed by atoms with Crippen molar-refractivity contribution in [2.45, 2.75) is 25.8 Å². The van der Waals surface area contributed by atoms with E-state index in [9.17, 15) is 4.79 Å². The Bertz CT molecular complexity index is 1220. The van der Waals surface area contributed by atoms with Crippen LogP contribution in [0.5, 0.6) is 0 Å². The Balaban J connectivity index is 1.53. The van der Waals surface area contributed by atoms with Crippen LogP contribution in [0.3, 0.4) is 0 Å². The second-order valence-electron chi connectivity index (χ2n) is 8.17. The van der Waals surface area contributed by atoms with Crippen LogP contribution in [0.4, 0.5) is 5.95 Å². The van der Waals surface area contributed by atoms with E-state index in [4.69, 9.17) is 10.3 Å². The van der Waals surface area contributed by atoms with Gasteiger partial charge in [0.05, 0.1) is 17.2 Å². The van der Waals surface area contributed by atoms with Crippen molar-refractivity contribution in [3.63, 3.8) is 0 Å². The monoisotopic (exact) mass is 432 g/mol. The van der Waals surface area contributed by atoms with Crippen LogP contribution >= 0.6 is 0 Å². The number of carbonyl (C=O) groups is 1. The maximum Gasteiger partial charge on any atom is 0.261 e. The quantitative estimate of drug-likeness (QED) is 0.492. The number of nitrogens with zero attached hydrogens (tertiary/aromatic N) is 7. The molecule has 10 nitrogen and oxygen atoms in total. The summed E-state index contributed by atoms with van der Waals surface area (Å²) in [5.41, 5.74) is 8.62. The largest absolute Gasteiger partial charge is 0.368 e. The predicted octanol–water partition coefficient (Wildman–Crippen LogP) is 2.39. The summed E-state index contributed by atoms with van der Waals surface area (Å²) in [6.45, 7) is 4.20. The minimum Gasteiger partial charge on any atom is -0.368 e. The van der Waals surface area contributed by atoms with Gasteiger partial charge < -0.3 is 15.2 Å². The average Bonchev–Trinajstić information content (AvgIpc) is 3.44. The van der Waals surface area contributed by atoms with E-state index in [-0.39, 0.29) is 18.4 Å². The van der Waals surface area contributed by atoms with Crippen molar-refractivity contribution in [3.05, 3.63) is 60.4 Å². The highest BCUT2D eigenvalue weighted by Gasteiger charge is 2.29. The molecule has 0 aliphatic heterocycles. The molecule has 0 radical (unpaired) electrons. The number of amides is 1. The van der Waals surface area contributed by atoms with Crippen LogP contribution in [0.15, 0.2) is 53.6 Å². The minimum absolute atomic E-state index is 0.0546. The van der Waals surface area contributed by atoms with Crippen LogP contribution in [0, 0.1) is 0 Å². The van der Waals surface area contributed by atoms with Gasteiger partial charge in [0.25, 0.3) is 5.89 Å². The van der Waals surface area contributed by atoms with Crippen LogP contribution in [0.2, 0.25) is 0 Å². The van der Waals surface area contributed by atoms with Crippen LogP contribution in [-0.2, 0) is 16.8 Å². The number of rotatable bonds is 6.